The van der Waals surface area contributed by atoms with Crippen molar-refractivity contribution in [2.45, 2.75) is 18.9 Å². The number of carboxylic acid groups (broad SMARTS) is 1. The maximum Gasteiger partial charge on any atom is 0.305 e. The summed E-state index contributed by atoms with van der Waals surface area (Å²) in [7, 11) is 0. The number of carboxylic acids is 1. The average Bonchev–Trinajstić information content (AvgIpc) is 2.07. The Morgan fingerprint density at radius 3 is 2.79 bits per heavy atom. The van der Waals surface area contributed by atoms with Gasteiger partial charge in [-0.3, -0.25) is 4.79 Å². The van der Waals surface area contributed by atoms with E-state index in [1.165, 1.54) is 0 Å². The fourth-order valence-electron chi connectivity index (χ4n) is 1.56. The predicted molar refractivity (Wildman–Crippen MR) is 52.3 cm³/mol. The van der Waals surface area contributed by atoms with Crippen LogP contribution in [0.3, 0.4) is 0 Å². The fourth-order valence-corrected chi connectivity index (χ4v) is 1.56. The van der Waals surface area contributed by atoms with Crippen LogP contribution in [0.5, 0.6) is 0 Å². The summed E-state index contributed by atoms with van der Waals surface area (Å²) in [5, 5.41) is 15.0. The topological polar surface area (TPSA) is 70.6 Å². The molecule has 1 aliphatic rings. The lowest BCUT2D eigenvalue weighted by Crippen LogP contribution is -2.68. The van der Waals surface area contributed by atoms with Crippen molar-refractivity contribution in [3.05, 3.63) is 0 Å². The second-order valence-corrected chi connectivity index (χ2v) is 3.58. The molecule has 14 heavy (non-hydrogen) atoms. The summed E-state index contributed by atoms with van der Waals surface area (Å²) < 4.78 is 5.17. The van der Waals surface area contributed by atoms with Gasteiger partial charge < -0.3 is 20.5 Å². The van der Waals surface area contributed by atoms with E-state index >= 15 is 0 Å². The molecule has 0 amide bonds. The summed E-state index contributed by atoms with van der Waals surface area (Å²) in [5.41, 5.74) is -0.247. The highest BCUT2D eigenvalue weighted by Gasteiger charge is 2.38. The second-order valence-electron chi connectivity index (χ2n) is 3.58. The molecule has 1 fully saturated rings. The smallest absolute Gasteiger partial charge is 0.305 e. The summed E-state index contributed by atoms with van der Waals surface area (Å²) in [6, 6.07) is 0. The SMILES string of the molecule is CCOCCNC1(CC(=O)O)CNC1. The number of hydrogen-bond donors (Lipinski definition) is 3. The first-order valence-corrected chi connectivity index (χ1v) is 4.94. The number of rotatable bonds is 7. The lowest BCUT2D eigenvalue weighted by atomic mass is 9.88. The Labute approximate surface area is 83.8 Å². The van der Waals surface area contributed by atoms with Gasteiger partial charge in [-0.1, -0.05) is 0 Å². The molecule has 0 aliphatic carbocycles. The van der Waals surface area contributed by atoms with Crippen LogP contribution in [-0.4, -0.2) is 49.5 Å². The number of aliphatic carboxylic acids is 1. The van der Waals surface area contributed by atoms with Gasteiger partial charge >= 0.3 is 5.97 Å². The first-order valence-electron chi connectivity index (χ1n) is 4.94. The van der Waals surface area contributed by atoms with Gasteiger partial charge in [-0.05, 0) is 6.92 Å². The average molecular weight is 202 g/mol. The van der Waals surface area contributed by atoms with Crippen molar-refractivity contribution < 1.29 is 14.6 Å². The monoisotopic (exact) mass is 202 g/mol. The number of hydrogen-bond acceptors (Lipinski definition) is 4. The molecule has 0 unspecified atom stereocenters. The number of nitrogens with one attached hydrogen (secondary N) is 2. The molecule has 82 valence electrons. The van der Waals surface area contributed by atoms with Gasteiger partial charge in [-0.15, -0.1) is 0 Å². The number of carbonyl (C=O) groups is 1. The van der Waals surface area contributed by atoms with Crippen molar-refractivity contribution in [3.8, 4) is 0 Å². The molecule has 0 spiro atoms. The Hall–Kier alpha value is -0.650. The Morgan fingerprint density at radius 1 is 1.64 bits per heavy atom. The van der Waals surface area contributed by atoms with Crippen molar-refractivity contribution in [2.24, 2.45) is 0 Å². The largest absolute Gasteiger partial charge is 0.481 e. The first-order chi connectivity index (χ1) is 6.68. The second kappa shape index (κ2) is 5.29. The quantitative estimate of drug-likeness (QED) is 0.482. The minimum atomic E-state index is -0.754. The van der Waals surface area contributed by atoms with Crippen molar-refractivity contribution in [1.29, 1.82) is 0 Å². The number of ether oxygens (including phenoxy) is 1. The fraction of sp³-hybridized carbons (Fsp3) is 0.889. The lowest BCUT2D eigenvalue weighted by Gasteiger charge is -2.42. The van der Waals surface area contributed by atoms with Crippen LogP contribution in [0.1, 0.15) is 13.3 Å². The summed E-state index contributed by atoms with van der Waals surface area (Å²) in [4.78, 5) is 10.6. The normalized spacial score (nSPS) is 18.9. The third-order valence-electron chi connectivity index (χ3n) is 2.37. The van der Waals surface area contributed by atoms with Crippen LogP contribution in [0, 0.1) is 0 Å². The molecule has 1 rings (SSSR count). The third-order valence-corrected chi connectivity index (χ3v) is 2.37. The van der Waals surface area contributed by atoms with Gasteiger partial charge in [0, 0.05) is 26.2 Å². The van der Waals surface area contributed by atoms with E-state index in [1.807, 2.05) is 6.92 Å². The van der Waals surface area contributed by atoms with Crippen LogP contribution in [-0.2, 0) is 9.53 Å². The van der Waals surface area contributed by atoms with E-state index in [4.69, 9.17) is 9.84 Å². The van der Waals surface area contributed by atoms with Gasteiger partial charge in [0.05, 0.1) is 18.6 Å². The van der Waals surface area contributed by atoms with Crippen molar-refractivity contribution in [3.63, 3.8) is 0 Å². The summed E-state index contributed by atoms with van der Waals surface area (Å²) in [6.07, 6.45) is 0.173. The predicted octanol–water partition coefficient (Wildman–Crippen LogP) is -0.571. The zero-order valence-electron chi connectivity index (χ0n) is 8.51. The van der Waals surface area contributed by atoms with E-state index in [0.717, 1.165) is 13.1 Å². The van der Waals surface area contributed by atoms with Crippen LogP contribution in [0.25, 0.3) is 0 Å². The van der Waals surface area contributed by atoms with E-state index in [9.17, 15) is 4.79 Å². The van der Waals surface area contributed by atoms with Gasteiger partial charge in [-0.2, -0.15) is 0 Å². The Kier molecular flexibility index (Phi) is 4.31. The zero-order valence-corrected chi connectivity index (χ0v) is 8.51. The molecule has 0 atom stereocenters. The third kappa shape index (κ3) is 3.25. The van der Waals surface area contributed by atoms with E-state index in [0.29, 0.717) is 19.8 Å². The Morgan fingerprint density at radius 2 is 2.36 bits per heavy atom. The van der Waals surface area contributed by atoms with E-state index in [-0.39, 0.29) is 12.0 Å². The molecule has 1 saturated heterocycles. The van der Waals surface area contributed by atoms with E-state index < -0.39 is 5.97 Å². The van der Waals surface area contributed by atoms with E-state index in [1.54, 1.807) is 0 Å². The van der Waals surface area contributed by atoms with Crippen LogP contribution >= 0.6 is 0 Å². The van der Waals surface area contributed by atoms with Crippen molar-refractivity contribution in [2.75, 3.05) is 32.8 Å². The molecule has 1 aliphatic heterocycles. The highest BCUT2D eigenvalue weighted by molar-refractivity contribution is 5.68. The lowest BCUT2D eigenvalue weighted by molar-refractivity contribution is -0.139. The summed E-state index contributed by atoms with van der Waals surface area (Å²) >= 11 is 0. The molecular formula is C9H18N2O3. The van der Waals surface area contributed by atoms with Crippen molar-refractivity contribution >= 4 is 5.97 Å². The molecular weight excluding hydrogens is 184 g/mol. The minimum absolute atomic E-state index is 0.173. The van der Waals surface area contributed by atoms with Gasteiger partial charge in [-0.25, -0.2) is 0 Å². The van der Waals surface area contributed by atoms with Crippen LogP contribution in [0.15, 0.2) is 0 Å². The molecule has 5 nitrogen and oxygen atoms in total. The van der Waals surface area contributed by atoms with Crippen LogP contribution in [0.2, 0.25) is 0 Å². The van der Waals surface area contributed by atoms with Crippen LogP contribution < -0.4 is 10.6 Å². The molecule has 0 aromatic carbocycles. The Balaban J connectivity index is 2.20. The summed E-state index contributed by atoms with van der Waals surface area (Å²) in [6.45, 7) is 5.45. The molecule has 0 aromatic rings. The minimum Gasteiger partial charge on any atom is -0.481 e. The van der Waals surface area contributed by atoms with Crippen molar-refractivity contribution in [1.82, 2.24) is 10.6 Å². The van der Waals surface area contributed by atoms with Gasteiger partial charge in [0.25, 0.3) is 0 Å². The first kappa shape index (κ1) is 11.4. The Bertz CT molecular complexity index is 192. The molecule has 5 heteroatoms. The molecule has 0 saturated carbocycles. The molecule has 0 aromatic heterocycles. The maximum absolute atomic E-state index is 10.6. The molecule has 1 heterocycles. The van der Waals surface area contributed by atoms with Gasteiger partial charge in [0.15, 0.2) is 0 Å². The zero-order chi connectivity index (χ0) is 10.4. The molecule has 0 radical (unpaired) electrons. The maximum atomic E-state index is 10.6. The molecule has 3 N–H and O–H groups in total. The highest BCUT2D eigenvalue weighted by atomic mass is 16.5. The van der Waals surface area contributed by atoms with Gasteiger partial charge in [0.2, 0.25) is 0 Å². The van der Waals surface area contributed by atoms with Crippen LogP contribution in [0.4, 0.5) is 0 Å². The van der Waals surface area contributed by atoms with E-state index in [2.05, 4.69) is 10.6 Å². The highest BCUT2D eigenvalue weighted by Crippen LogP contribution is 2.15. The van der Waals surface area contributed by atoms with Gasteiger partial charge in [0.1, 0.15) is 0 Å². The molecule has 0 bridgehead atoms. The standard InChI is InChI=1S/C9H18N2O3/c1-2-14-4-3-11-9(5-8(12)13)6-10-7-9/h10-11H,2-7H2,1H3,(H,12,13). The summed E-state index contributed by atoms with van der Waals surface area (Å²) in [5.74, 6) is -0.754.